The molecule has 2 aromatic carbocycles. The number of piperidine rings is 1. The molecule has 0 spiro atoms. The SMILES string of the molecule is CCc1c2c(nc3ccc(OC(=O)N4CCC(N(C)CCNC(=O)C(=N)N(C(=N)c5cc(C(C)C)c(O)cc5O)c5cccnc5)CC4)cc13)-c1cc3c(c(=O)n1C2)COC(=O)C3(O)CC. The van der Waals surface area contributed by atoms with E-state index in [1.54, 1.807) is 52.8 Å². The number of likely N-dealkylation sites (tertiary alicyclic amines) is 1. The molecule has 2 amide bonds. The van der Waals surface area contributed by atoms with Crippen molar-refractivity contribution in [2.45, 2.75) is 84.1 Å². The van der Waals surface area contributed by atoms with Gasteiger partial charge in [0.2, 0.25) is 0 Å². The van der Waals surface area contributed by atoms with Gasteiger partial charge in [0, 0.05) is 61.0 Å². The van der Waals surface area contributed by atoms with Gasteiger partial charge in [-0.05, 0) is 92.2 Å². The number of cyclic esters (lactones) is 1. The van der Waals surface area contributed by atoms with Gasteiger partial charge < -0.3 is 44.5 Å². The van der Waals surface area contributed by atoms with Crippen LogP contribution in [-0.4, -0.2) is 109 Å². The zero-order valence-corrected chi connectivity index (χ0v) is 37.5. The van der Waals surface area contributed by atoms with Gasteiger partial charge >= 0.3 is 12.1 Å². The highest BCUT2D eigenvalue weighted by molar-refractivity contribution is 6.48. The number of phenolic OH excluding ortho intramolecular Hbond substituents is 2. The summed E-state index contributed by atoms with van der Waals surface area (Å²) >= 11 is 0. The minimum atomic E-state index is -1.92. The third kappa shape index (κ3) is 8.10. The van der Waals surface area contributed by atoms with E-state index in [1.807, 2.05) is 27.8 Å². The number of aliphatic hydroxyl groups is 1. The fourth-order valence-electron chi connectivity index (χ4n) is 9.20. The van der Waals surface area contributed by atoms with Gasteiger partial charge in [-0.25, -0.2) is 14.6 Å². The van der Waals surface area contributed by atoms with Gasteiger partial charge in [-0.3, -0.25) is 30.3 Å². The number of amidine groups is 2. The van der Waals surface area contributed by atoms with Crippen LogP contribution in [0.3, 0.4) is 0 Å². The molecular formula is C48H53N9O9. The topological polar surface area (TPSA) is 248 Å². The summed E-state index contributed by atoms with van der Waals surface area (Å²) in [5.74, 6) is -2.68. The molecule has 344 valence electrons. The summed E-state index contributed by atoms with van der Waals surface area (Å²) in [4.78, 5) is 67.1. The molecule has 1 unspecified atom stereocenters. The lowest BCUT2D eigenvalue weighted by Crippen LogP contribution is -2.49. The number of aromatic nitrogens is 3. The lowest BCUT2D eigenvalue weighted by Gasteiger charge is -2.36. The van der Waals surface area contributed by atoms with Gasteiger partial charge in [0.1, 0.15) is 29.7 Å². The Morgan fingerprint density at radius 2 is 1.80 bits per heavy atom. The zero-order valence-electron chi connectivity index (χ0n) is 37.5. The third-order valence-corrected chi connectivity index (χ3v) is 13.0. The first kappa shape index (κ1) is 45.4. The Bertz CT molecular complexity index is 2860. The first-order valence-corrected chi connectivity index (χ1v) is 22.1. The largest absolute Gasteiger partial charge is 0.508 e. The molecule has 3 aliphatic heterocycles. The summed E-state index contributed by atoms with van der Waals surface area (Å²) < 4.78 is 12.7. The molecule has 0 aliphatic carbocycles. The van der Waals surface area contributed by atoms with Crippen molar-refractivity contribution in [2.75, 3.05) is 38.1 Å². The lowest BCUT2D eigenvalue weighted by molar-refractivity contribution is -0.172. The maximum Gasteiger partial charge on any atom is 0.415 e. The molecule has 0 radical (unpaired) electrons. The minimum absolute atomic E-state index is 0.0341. The number of aryl methyl sites for hydroxylation is 1. The van der Waals surface area contributed by atoms with Crippen molar-refractivity contribution in [1.29, 1.82) is 10.8 Å². The van der Waals surface area contributed by atoms with Gasteiger partial charge in [0.05, 0.1) is 46.5 Å². The molecule has 5 aromatic rings. The molecule has 3 aromatic heterocycles. The Morgan fingerprint density at radius 3 is 2.48 bits per heavy atom. The molecule has 1 atom stereocenters. The van der Waals surface area contributed by atoms with E-state index >= 15 is 0 Å². The number of amides is 2. The van der Waals surface area contributed by atoms with Crippen LogP contribution >= 0.6 is 0 Å². The van der Waals surface area contributed by atoms with Crippen LogP contribution in [0.5, 0.6) is 17.2 Å². The predicted molar refractivity (Wildman–Crippen MR) is 245 cm³/mol. The van der Waals surface area contributed by atoms with Gasteiger partial charge in [-0.2, -0.15) is 0 Å². The van der Waals surface area contributed by atoms with Crippen molar-refractivity contribution < 1.29 is 39.2 Å². The number of likely N-dealkylation sites (N-methyl/N-ethyl adjacent to an activating group) is 1. The smallest absolute Gasteiger partial charge is 0.415 e. The van der Waals surface area contributed by atoms with Crippen molar-refractivity contribution in [3.63, 3.8) is 0 Å². The summed E-state index contributed by atoms with van der Waals surface area (Å²) in [6.45, 7) is 8.96. The van der Waals surface area contributed by atoms with E-state index in [0.29, 0.717) is 67.1 Å². The molecule has 0 bridgehead atoms. The van der Waals surface area contributed by atoms with E-state index < -0.39 is 29.4 Å². The standard InChI is InChI=1S/C48H53N9O9/c1-6-30-32-19-29(10-11-37(32)53-41-34(30)24-56-38(41)21-36-35(45(56)61)25-65-46(62)48(36,64)7-2)66-47(63)55-16-12-27(13-17-55)54(5)18-15-52-44(60)43(50)57(28-9-8-14-51-23-28)42(49)33-20-31(26(3)4)39(58)22-40(33)59/h8-11,14,19-23,26-27,49-50,58-59,64H,6-7,12-13,15-18,24-25H2,1-5H3,(H,52,60). The Morgan fingerprint density at radius 1 is 1.05 bits per heavy atom. The van der Waals surface area contributed by atoms with E-state index in [4.69, 9.17) is 25.3 Å². The molecule has 1 fully saturated rings. The quantitative estimate of drug-likeness (QED) is 0.0597. The van der Waals surface area contributed by atoms with Crippen LogP contribution in [0.4, 0.5) is 10.5 Å². The molecule has 18 nitrogen and oxygen atoms in total. The number of nitrogens with one attached hydrogen (secondary N) is 3. The van der Waals surface area contributed by atoms with E-state index in [9.17, 15) is 34.5 Å². The number of carbonyl (C=O) groups is 3. The maximum absolute atomic E-state index is 13.7. The van der Waals surface area contributed by atoms with E-state index in [1.165, 1.54) is 18.5 Å². The average Bonchev–Trinajstić information content (AvgIpc) is 3.68. The van der Waals surface area contributed by atoms with Crippen molar-refractivity contribution in [1.82, 2.24) is 29.7 Å². The maximum atomic E-state index is 13.7. The molecule has 18 heteroatoms. The Hall–Kier alpha value is -7.18. The summed E-state index contributed by atoms with van der Waals surface area (Å²) in [5, 5.41) is 53.7. The third-order valence-electron chi connectivity index (χ3n) is 13.0. The highest BCUT2D eigenvalue weighted by Gasteiger charge is 2.45. The Kier molecular flexibility index (Phi) is 12.4. The summed E-state index contributed by atoms with van der Waals surface area (Å²) in [6, 6.07) is 12.9. The lowest BCUT2D eigenvalue weighted by atomic mass is 9.86. The van der Waals surface area contributed by atoms with Crippen LogP contribution in [-0.2, 0) is 39.5 Å². The number of ether oxygens (including phenoxy) is 2. The summed E-state index contributed by atoms with van der Waals surface area (Å²) in [5.41, 5.74) is 2.62. The highest BCUT2D eigenvalue weighted by atomic mass is 16.6. The van der Waals surface area contributed by atoms with Crippen molar-refractivity contribution >= 4 is 46.2 Å². The van der Waals surface area contributed by atoms with E-state index in [2.05, 4.69) is 15.2 Å². The molecule has 8 rings (SSSR count). The van der Waals surface area contributed by atoms with Gasteiger partial charge in [-0.1, -0.05) is 27.7 Å². The second kappa shape index (κ2) is 18.0. The van der Waals surface area contributed by atoms with Gasteiger partial charge in [0.25, 0.3) is 11.5 Å². The number of hydrogen-bond acceptors (Lipinski definition) is 14. The Balaban J connectivity index is 0.879. The number of rotatable bonds is 10. The number of fused-ring (bicyclic) bond motifs is 5. The molecular weight excluding hydrogens is 847 g/mol. The molecule has 6 heterocycles. The van der Waals surface area contributed by atoms with Crippen LogP contribution in [0, 0.1) is 10.8 Å². The number of pyridine rings is 3. The number of aromatic hydroxyl groups is 2. The summed E-state index contributed by atoms with van der Waals surface area (Å²) in [6.07, 6.45) is 4.42. The first-order chi connectivity index (χ1) is 31.6. The predicted octanol–water partition coefficient (Wildman–Crippen LogP) is 5.09. The van der Waals surface area contributed by atoms with Gasteiger partial charge in [-0.15, -0.1) is 0 Å². The normalized spacial score (nSPS) is 16.7. The van der Waals surface area contributed by atoms with E-state index in [-0.39, 0.29) is 83.3 Å². The van der Waals surface area contributed by atoms with Crippen molar-refractivity contribution in [3.8, 4) is 28.6 Å². The average molecular weight is 900 g/mol. The minimum Gasteiger partial charge on any atom is -0.508 e. The van der Waals surface area contributed by atoms with Crippen LogP contribution in [0.1, 0.15) is 86.3 Å². The Labute approximate surface area is 380 Å². The number of hydrogen-bond donors (Lipinski definition) is 6. The number of phenols is 2. The number of anilines is 1. The number of carbonyl (C=O) groups excluding carboxylic acids is 3. The van der Waals surface area contributed by atoms with Crippen LogP contribution in [0.15, 0.2) is 65.7 Å². The van der Waals surface area contributed by atoms with Crippen molar-refractivity contribution in [3.05, 3.63) is 105 Å². The van der Waals surface area contributed by atoms with Crippen LogP contribution < -0.4 is 20.5 Å². The molecule has 1 saturated heterocycles. The van der Waals surface area contributed by atoms with E-state index in [0.717, 1.165) is 27.5 Å². The first-order valence-electron chi connectivity index (χ1n) is 22.1. The fraction of sp³-hybridized carbons (Fsp3) is 0.375. The molecule has 66 heavy (non-hydrogen) atoms. The molecule has 0 saturated carbocycles. The van der Waals surface area contributed by atoms with Crippen molar-refractivity contribution in [2.24, 2.45) is 0 Å². The number of benzene rings is 2. The monoisotopic (exact) mass is 899 g/mol. The second-order valence-electron chi connectivity index (χ2n) is 17.2. The van der Waals surface area contributed by atoms with Crippen LogP contribution in [0.2, 0.25) is 0 Å². The summed E-state index contributed by atoms with van der Waals surface area (Å²) in [7, 11) is 1.93. The van der Waals surface area contributed by atoms with Gasteiger partial charge in [0.15, 0.2) is 11.4 Å². The molecule has 3 aliphatic rings. The molecule has 6 N–H and O–H groups in total. The highest BCUT2D eigenvalue weighted by Crippen LogP contribution is 2.41. The van der Waals surface area contributed by atoms with Crippen LogP contribution in [0.25, 0.3) is 22.3 Å². The second-order valence-corrected chi connectivity index (χ2v) is 17.2. The number of nitrogens with zero attached hydrogens (tertiary/aromatic N) is 6. The fourth-order valence-corrected chi connectivity index (χ4v) is 9.20. The zero-order chi connectivity index (χ0) is 47.2. The number of esters is 1.